The summed E-state index contributed by atoms with van der Waals surface area (Å²) >= 11 is 0. The minimum atomic E-state index is 0.383. The molecule has 14 heavy (non-hydrogen) atoms. The molecule has 0 N–H and O–H groups in total. The number of hydrogen-bond donors (Lipinski definition) is 0. The molecule has 0 fully saturated rings. The summed E-state index contributed by atoms with van der Waals surface area (Å²) in [7, 11) is 0. The Hall–Kier alpha value is 0. The molecule has 86 valence electrons. The lowest BCUT2D eigenvalue weighted by Gasteiger charge is -2.49. The van der Waals surface area contributed by atoms with Crippen molar-refractivity contribution >= 4 is 0 Å². The molecular weight excluding hydrogens is 168 g/mol. The van der Waals surface area contributed by atoms with Crippen molar-refractivity contribution in [3.05, 3.63) is 0 Å². The van der Waals surface area contributed by atoms with Crippen LogP contribution in [-0.2, 0) is 0 Å². The van der Waals surface area contributed by atoms with Crippen LogP contribution in [0.4, 0.5) is 0 Å². The predicted molar refractivity (Wildman–Crippen MR) is 66.5 cm³/mol. The van der Waals surface area contributed by atoms with Crippen molar-refractivity contribution in [2.24, 2.45) is 22.2 Å². The standard InChI is InChI=1S/C14H30/c1-11(2)14(9,13(6,7)8)10-12(3,4)5/h11H,10H2,1-9H3. The Kier molecular flexibility index (Phi) is 3.87. The molecule has 0 saturated heterocycles. The summed E-state index contributed by atoms with van der Waals surface area (Å²) < 4.78 is 0. The SMILES string of the molecule is CC(C)C(C)(CC(C)(C)C)C(C)(C)C. The Bertz CT molecular complexity index is 175. The van der Waals surface area contributed by atoms with Crippen molar-refractivity contribution in [3.63, 3.8) is 0 Å². The van der Waals surface area contributed by atoms with Crippen molar-refractivity contribution in [3.8, 4) is 0 Å². The molecule has 1 unspecified atom stereocenters. The zero-order valence-electron chi connectivity index (χ0n) is 11.8. The fraction of sp³-hybridized carbons (Fsp3) is 1.00. The molecule has 0 bridgehead atoms. The van der Waals surface area contributed by atoms with Crippen LogP contribution in [0.25, 0.3) is 0 Å². The summed E-state index contributed by atoms with van der Waals surface area (Å²) in [4.78, 5) is 0. The molecule has 0 nitrogen and oxygen atoms in total. The van der Waals surface area contributed by atoms with Crippen LogP contribution in [0.2, 0.25) is 0 Å². The predicted octanol–water partition coefficient (Wildman–Crippen LogP) is 5.13. The van der Waals surface area contributed by atoms with E-state index in [2.05, 4.69) is 62.3 Å². The molecule has 0 aliphatic rings. The second-order valence-electron chi connectivity index (χ2n) is 7.56. The maximum Gasteiger partial charge on any atom is -0.0249 e. The Morgan fingerprint density at radius 1 is 0.786 bits per heavy atom. The van der Waals surface area contributed by atoms with E-state index in [4.69, 9.17) is 0 Å². The highest BCUT2D eigenvalue weighted by molar-refractivity contribution is 4.91. The van der Waals surface area contributed by atoms with Gasteiger partial charge in [-0.25, -0.2) is 0 Å². The van der Waals surface area contributed by atoms with E-state index in [-0.39, 0.29) is 0 Å². The molecule has 0 aromatic carbocycles. The first-order chi connectivity index (χ1) is 5.90. The second kappa shape index (κ2) is 3.87. The highest BCUT2D eigenvalue weighted by Gasteiger charge is 2.42. The molecule has 0 aliphatic carbocycles. The average Bonchev–Trinajstić information content (AvgIpc) is 1.79. The molecule has 0 aliphatic heterocycles. The third-order valence-electron chi connectivity index (χ3n) is 3.89. The van der Waals surface area contributed by atoms with Gasteiger partial charge in [-0.15, -0.1) is 0 Å². The molecule has 0 saturated carbocycles. The fourth-order valence-electron chi connectivity index (χ4n) is 2.44. The summed E-state index contributed by atoms with van der Waals surface area (Å²) in [6.45, 7) is 21.3. The lowest BCUT2D eigenvalue weighted by Crippen LogP contribution is -2.40. The van der Waals surface area contributed by atoms with Gasteiger partial charge in [0.05, 0.1) is 0 Å². The van der Waals surface area contributed by atoms with Crippen LogP contribution in [0, 0.1) is 22.2 Å². The van der Waals surface area contributed by atoms with E-state index in [0.29, 0.717) is 16.2 Å². The molecule has 0 heteroatoms. The molecule has 0 aromatic heterocycles. The minimum Gasteiger partial charge on any atom is -0.0622 e. The van der Waals surface area contributed by atoms with Crippen LogP contribution < -0.4 is 0 Å². The minimum absolute atomic E-state index is 0.383. The lowest BCUT2D eigenvalue weighted by molar-refractivity contribution is 0.00766. The van der Waals surface area contributed by atoms with Gasteiger partial charge in [-0.2, -0.15) is 0 Å². The van der Waals surface area contributed by atoms with E-state index in [1.165, 1.54) is 6.42 Å². The molecular formula is C14H30. The van der Waals surface area contributed by atoms with Crippen LogP contribution in [-0.4, -0.2) is 0 Å². The van der Waals surface area contributed by atoms with Gasteiger partial charge in [-0.1, -0.05) is 62.3 Å². The normalized spacial score (nSPS) is 18.4. The summed E-state index contributed by atoms with van der Waals surface area (Å²) in [5, 5.41) is 0. The molecule has 0 aromatic rings. The van der Waals surface area contributed by atoms with E-state index in [1.807, 2.05) is 0 Å². The van der Waals surface area contributed by atoms with Crippen LogP contribution in [0.15, 0.2) is 0 Å². The average molecular weight is 198 g/mol. The highest BCUT2D eigenvalue weighted by Crippen LogP contribution is 2.51. The van der Waals surface area contributed by atoms with E-state index in [0.717, 1.165) is 5.92 Å². The smallest absolute Gasteiger partial charge is 0.0249 e. The van der Waals surface area contributed by atoms with Crippen molar-refractivity contribution < 1.29 is 0 Å². The van der Waals surface area contributed by atoms with Gasteiger partial charge in [0.2, 0.25) is 0 Å². The third-order valence-corrected chi connectivity index (χ3v) is 3.89. The largest absolute Gasteiger partial charge is 0.0622 e. The Morgan fingerprint density at radius 3 is 1.21 bits per heavy atom. The highest BCUT2D eigenvalue weighted by atomic mass is 14.5. The first-order valence-corrected chi connectivity index (χ1v) is 5.90. The first-order valence-electron chi connectivity index (χ1n) is 5.90. The van der Waals surface area contributed by atoms with Gasteiger partial charge in [0.15, 0.2) is 0 Å². The fourth-order valence-corrected chi connectivity index (χ4v) is 2.44. The number of hydrogen-bond acceptors (Lipinski definition) is 0. The van der Waals surface area contributed by atoms with Crippen LogP contribution in [0.3, 0.4) is 0 Å². The Labute approximate surface area is 91.5 Å². The van der Waals surface area contributed by atoms with Crippen molar-refractivity contribution in [2.75, 3.05) is 0 Å². The molecule has 1 atom stereocenters. The molecule has 0 amide bonds. The van der Waals surface area contributed by atoms with Gasteiger partial charge in [0.1, 0.15) is 0 Å². The summed E-state index contributed by atoms with van der Waals surface area (Å²) in [6.07, 6.45) is 1.29. The van der Waals surface area contributed by atoms with Crippen LogP contribution >= 0.6 is 0 Å². The summed E-state index contributed by atoms with van der Waals surface area (Å²) in [5.41, 5.74) is 1.23. The second-order valence-corrected chi connectivity index (χ2v) is 7.56. The molecule has 0 heterocycles. The third kappa shape index (κ3) is 3.29. The Balaban J connectivity index is 4.94. The molecule has 0 rings (SSSR count). The van der Waals surface area contributed by atoms with Gasteiger partial charge >= 0.3 is 0 Å². The summed E-state index contributed by atoms with van der Waals surface area (Å²) in [5.74, 6) is 0.738. The van der Waals surface area contributed by atoms with Gasteiger partial charge in [0.25, 0.3) is 0 Å². The quantitative estimate of drug-likeness (QED) is 0.577. The van der Waals surface area contributed by atoms with Gasteiger partial charge in [-0.3, -0.25) is 0 Å². The van der Waals surface area contributed by atoms with Gasteiger partial charge in [-0.05, 0) is 28.6 Å². The van der Waals surface area contributed by atoms with Gasteiger partial charge in [0, 0.05) is 0 Å². The first kappa shape index (κ1) is 14.0. The van der Waals surface area contributed by atoms with E-state index in [1.54, 1.807) is 0 Å². The van der Waals surface area contributed by atoms with Crippen molar-refractivity contribution in [2.45, 2.75) is 68.7 Å². The topological polar surface area (TPSA) is 0 Å². The van der Waals surface area contributed by atoms with E-state index in [9.17, 15) is 0 Å². The summed E-state index contributed by atoms with van der Waals surface area (Å²) in [6, 6.07) is 0. The molecule has 0 spiro atoms. The van der Waals surface area contributed by atoms with Crippen LogP contribution in [0.1, 0.15) is 68.7 Å². The number of rotatable bonds is 2. The van der Waals surface area contributed by atoms with Crippen LogP contribution in [0.5, 0.6) is 0 Å². The maximum absolute atomic E-state index is 2.45. The zero-order chi connectivity index (χ0) is 11.8. The lowest BCUT2D eigenvalue weighted by atomic mass is 9.56. The molecule has 0 radical (unpaired) electrons. The zero-order valence-corrected chi connectivity index (χ0v) is 11.8. The maximum atomic E-state index is 2.45. The van der Waals surface area contributed by atoms with Crippen molar-refractivity contribution in [1.82, 2.24) is 0 Å². The monoisotopic (exact) mass is 198 g/mol. The van der Waals surface area contributed by atoms with Gasteiger partial charge < -0.3 is 0 Å². The van der Waals surface area contributed by atoms with E-state index >= 15 is 0 Å². The van der Waals surface area contributed by atoms with Crippen molar-refractivity contribution in [1.29, 1.82) is 0 Å². The van der Waals surface area contributed by atoms with E-state index < -0.39 is 0 Å². The Morgan fingerprint density at radius 2 is 1.14 bits per heavy atom.